The van der Waals surface area contributed by atoms with Crippen LogP contribution in [0.25, 0.3) is 0 Å². The number of thioether (sulfide) groups is 1. The molecule has 0 spiro atoms. The number of aliphatic hydroxyl groups excluding tert-OH is 1. The van der Waals surface area contributed by atoms with Gasteiger partial charge in [0.15, 0.2) is 11.5 Å². The van der Waals surface area contributed by atoms with Crippen LogP contribution < -0.4 is 9.64 Å². The SMILES string of the molecule is CCC(CC)C1C(C(=O)c2ccc(OC)cc2)=C(O)C(=O)N1c1ccc(C2=NCCS2)cc1. The van der Waals surface area contributed by atoms with Gasteiger partial charge >= 0.3 is 0 Å². The predicted molar refractivity (Wildman–Crippen MR) is 133 cm³/mol. The highest BCUT2D eigenvalue weighted by Crippen LogP contribution is 2.38. The van der Waals surface area contributed by atoms with Crippen molar-refractivity contribution in [1.29, 1.82) is 0 Å². The van der Waals surface area contributed by atoms with Gasteiger partial charge in [0.2, 0.25) is 0 Å². The fourth-order valence-electron chi connectivity index (χ4n) is 4.50. The molecule has 2 aromatic carbocycles. The molecule has 0 bridgehead atoms. The lowest BCUT2D eigenvalue weighted by atomic mass is 9.85. The number of ketones is 1. The Morgan fingerprint density at radius 3 is 2.36 bits per heavy atom. The first kappa shape index (κ1) is 23.1. The van der Waals surface area contributed by atoms with Crippen molar-refractivity contribution in [3.63, 3.8) is 0 Å². The predicted octanol–water partition coefficient (Wildman–Crippen LogP) is 5.04. The summed E-state index contributed by atoms with van der Waals surface area (Å²) in [6.07, 6.45) is 1.53. The first-order chi connectivity index (χ1) is 16.0. The van der Waals surface area contributed by atoms with E-state index in [0.29, 0.717) is 17.0 Å². The highest BCUT2D eigenvalue weighted by molar-refractivity contribution is 8.14. The van der Waals surface area contributed by atoms with Gasteiger partial charge in [-0.05, 0) is 42.3 Å². The fourth-order valence-corrected chi connectivity index (χ4v) is 5.36. The maximum absolute atomic E-state index is 13.5. The van der Waals surface area contributed by atoms with Gasteiger partial charge in [0, 0.05) is 29.1 Å². The molecule has 7 heteroatoms. The van der Waals surface area contributed by atoms with Crippen LogP contribution >= 0.6 is 11.8 Å². The van der Waals surface area contributed by atoms with E-state index in [1.807, 2.05) is 38.1 Å². The van der Waals surface area contributed by atoms with E-state index in [4.69, 9.17) is 4.74 Å². The maximum atomic E-state index is 13.5. The minimum Gasteiger partial charge on any atom is -0.503 e. The average Bonchev–Trinajstić information content (AvgIpc) is 3.47. The van der Waals surface area contributed by atoms with Gasteiger partial charge in [-0.2, -0.15) is 0 Å². The molecule has 0 fully saturated rings. The number of aliphatic hydroxyl groups is 1. The van der Waals surface area contributed by atoms with Gasteiger partial charge in [0.05, 0.1) is 23.8 Å². The van der Waals surface area contributed by atoms with E-state index < -0.39 is 17.7 Å². The Balaban J connectivity index is 1.72. The third-order valence-electron chi connectivity index (χ3n) is 6.32. The van der Waals surface area contributed by atoms with E-state index in [1.54, 1.807) is 48.0 Å². The lowest BCUT2D eigenvalue weighted by Crippen LogP contribution is -2.42. The van der Waals surface area contributed by atoms with E-state index in [-0.39, 0.29) is 17.3 Å². The molecule has 172 valence electrons. The Hall–Kier alpha value is -3.06. The first-order valence-corrected chi connectivity index (χ1v) is 12.2. The van der Waals surface area contributed by atoms with E-state index in [1.165, 1.54) is 0 Å². The van der Waals surface area contributed by atoms with Crippen molar-refractivity contribution >= 4 is 34.2 Å². The zero-order valence-electron chi connectivity index (χ0n) is 19.1. The number of nitrogens with zero attached hydrogens (tertiary/aromatic N) is 2. The Kier molecular flexibility index (Phi) is 6.88. The molecule has 1 atom stereocenters. The van der Waals surface area contributed by atoms with E-state index in [0.717, 1.165) is 35.7 Å². The van der Waals surface area contributed by atoms with E-state index in [9.17, 15) is 14.7 Å². The molecular weight excluding hydrogens is 436 g/mol. The molecule has 0 aromatic heterocycles. The number of methoxy groups -OCH3 is 1. The summed E-state index contributed by atoms with van der Waals surface area (Å²) in [5, 5.41) is 11.9. The Labute approximate surface area is 198 Å². The summed E-state index contributed by atoms with van der Waals surface area (Å²) < 4.78 is 5.18. The molecule has 0 aliphatic carbocycles. The highest BCUT2D eigenvalue weighted by Gasteiger charge is 2.46. The second-order valence-corrected chi connectivity index (χ2v) is 9.18. The normalized spacial score (nSPS) is 18.3. The Bertz CT molecular complexity index is 1100. The molecule has 1 amide bonds. The summed E-state index contributed by atoms with van der Waals surface area (Å²) in [5.74, 6) is 0.293. The number of hydrogen-bond acceptors (Lipinski definition) is 6. The zero-order valence-corrected chi connectivity index (χ0v) is 19.9. The van der Waals surface area contributed by atoms with Crippen molar-refractivity contribution in [2.24, 2.45) is 10.9 Å². The minimum atomic E-state index is -0.538. The van der Waals surface area contributed by atoms with Crippen LogP contribution in [-0.2, 0) is 4.79 Å². The molecule has 2 aliphatic heterocycles. The number of rotatable bonds is 8. The molecule has 6 nitrogen and oxygen atoms in total. The van der Waals surface area contributed by atoms with Crippen LogP contribution in [0, 0.1) is 5.92 Å². The van der Waals surface area contributed by atoms with Gasteiger partial charge in [0.1, 0.15) is 5.75 Å². The summed E-state index contributed by atoms with van der Waals surface area (Å²) in [6, 6.07) is 13.8. The molecular formula is C26H28N2O4S. The molecule has 1 N–H and O–H groups in total. The number of hydrogen-bond donors (Lipinski definition) is 1. The van der Waals surface area contributed by atoms with E-state index in [2.05, 4.69) is 4.99 Å². The number of amides is 1. The Morgan fingerprint density at radius 2 is 1.82 bits per heavy atom. The van der Waals surface area contributed by atoms with Crippen molar-refractivity contribution in [3.05, 3.63) is 71.0 Å². The monoisotopic (exact) mass is 464 g/mol. The highest BCUT2D eigenvalue weighted by atomic mass is 32.2. The molecule has 0 saturated carbocycles. The minimum absolute atomic E-state index is 0.0187. The van der Waals surface area contributed by atoms with Crippen molar-refractivity contribution < 1.29 is 19.4 Å². The summed E-state index contributed by atoms with van der Waals surface area (Å²) in [6.45, 7) is 4.90. The van der Waals surface area contributed by atoms with Gasteiger partial charge in [-0.3, -0.25) is 19.5 Å². The van der Waals surface area contributed by atoms with Crippen LogP contribution in [0.3, 0.4) is 0 Å². The molecule has 0 saturated heterocycles. The van der Waals surface area contributed by atoms with Gasteiger partial charge in [-0.25, -0.2) is 0 Å². The smallest absolute Gasteiger partial charge is 0.294 e. The molecule has 1 unspecified atom stereocenters. The summed E-state index contributed by atoms with van der Waals surface area (Å²) in [4.78, 5) is 32.8. The molecule has 2 heterocycles. The lowest BCUT2D eigenvalue weighted by Gasteiger charge is -2.32. The van der Waals surface area contributed by atoms with Crippen molar-refractivity contribution in [1.82, 2.24) is 0 Å². The van der Waals surface area contributed by atoms with Crippen molar-refractivity contribution in [2.45, 2.75) is 32.7 Å². The van der Waals surface area contributed by atoms with Gasteiger partial charge < -0.3 is 9.84 Å². The topological polar surface area (TPSA) is 79.2 Å². The standard InChI is InChI=1S/C26H28N2O4S/c1-4-16(5-2)22-21(23(29)17-8-12-20(32-3)13-9-17)24(30)26(31)28(22)19-10-6-18(7-11-19)25-27-14-15-33-25/h6-13,16,22,30H,4-5,14-15H2,1-3H3. The second-order valence-electron chi connectivity index (χ2n) is 8.10. The third kappa shape index (κ3) is 4.29. The third-order valence-corrected chi connectivity index (χ3v) is 7.35. The van der Waals surface area contributed by atoms with Crippen LogP contribution in [0.1, 0.15) is 42.6 Å². The van der Waals surface area contributed by atoms with Crippen LogP contribution in [0.15, 0.2) is 64.9 Å². The van der Waals surface area contributed by atoms with Crippen molar-refractivity contribution in [3.8, 4) is 5.75 Å². The van der Waals surface area contributed by atoms with E-state index >= 15 is 0 Å². The number of ether oxygens (including phenoxy) is 1. The second kappa shape index (κ2) is 9.83. The molecule has 4 rings (SSSR count). The number of carbonyl (C=O) groups is 2. The lowest BCUT2D eigenvalue weighted by molar-refractivity contribution is -0.117. The molecule has 2 aromatic rings. The molecule has 33 heavy (non-hydrogen) atoms. The number of carbonyl (C=O) groups excluding carboxylic acids is 2. The average molecular weight is 465 g/mol. The zero-order chi connectivity index (χ0) is 23.5. The maximum Gasteiger partial charge on any atom is 0.294 e. The number of aliphatic imine (C=N–C) groups is 1. The fraction of sp³-hybridized carbons (Fsp3) is 0.346. The summed E-state index contributed by atoms with van der Waals surface area (Å²) in [5.41, 5.74) is 2.25. The molecule has 2 aliphatic rings. The molecule has 0 radical (unpaired) electrons. The van der Waals surface area contributed by atoms with Gasteiger partial charge in [0.25, 0.3) is 5.91 Å². The number of anilines is 1. The Morgan fingerprint density at radius 1 is 1.15 bits per heavy atom. The first-order valence-electron chi connectivity index (χ1n) is 11.2. The summed E-state index contributed by atoms with van der Waals surface area (Å²) >= 11 is 1.72. The number of Topliss-reactive ketones (excluding diaryl/α,β-unsaturated/α-hetero) is 1. The van der Waals surface area contributed by atoms with Gasteiger partial charge in [-0.15, -0.1) is 11.8 Å². The van der Waals surface area contributed by atoms with Crippen LogP contribution in [0.4, 0.5) is 5.69 Å². The van der Waals surface area contributed by atoms with Gasteiger partial charge in [-0.1, -0.05) is 38.8 Å². The van der Waals surface area contributed by atoms with Crippen LogP contribution in [0.5, 0.6) is 5.75 Å². The van der Waals surface area contributed by atoms with Crippen molar-refractivity contribution in [2.75, 3.05) is 24.3 Å². The van der Waals surface area contributed by atoms with Crippen LogP contribution in [-0.4, -0.2) is 47.3 Å². The quantitative estimate of drug-likeness (QED) is 0.554. The largest absolute Gasteiger partial charge is 0.503 e. The summed E-state index contributed by atoms with van der Waals surface area (Å²) in [7, 11) is 1.56. The number of benzene rings is 2. The van der Waals surface area contributed by atoms with Crippen LogP contribution in [0.2, 0.25) is 0 Å².